The third kappa shape index (κ3) is 3.44. The lowest BCUT2D eigenvalue weighted by Gasteiger charge is -2.11. The van der Waals surface area contributed by atoms with Gasteiger partial charge in [0.25, 0.3) is 10.0 Å². The van der Waals surface area contributed by atoms with Crippen molar-refractivity contribution in [3.05, 3.63) is 50.7 Å². The minimum Gasteiger partial charge on any atom is -0.278 e. The molecule has 1 aromatic carbocycles. The molecule has 1 aromatic heterocycles. The minimum absolute atomic E-state index is 0.0274. The van der Waals surface area contributed by atoms with Gasteiger partial charge in [-0.05, 0) is 46.6 Å². The Morgan fingerprint density at radius 3 is 2.50 bits per heavy atom. The highest BCUT2D eigenvalue weighted by atomic mass is 79.9. The summed E-state index contributed by atoms with van der Waals surface area (Å²) in [4.78, 5) is 3.85. The minimum atomic E-state index is -3.77. The second-order valence-electron chi connectivity index (χ2n) is 4.03. The van der Waals surface area contributed by atoms with Crippen molar-refractivity contribution in [3.8, 4) is 0 Å². The van der Waals surface area contributed by atoms with E-state index in [1.54, 1.807) is 13.0 Å². The highest BCUT2D eigenvalue weighted by molar-refractivity contribution is 9.10. The molecule has 0 aliphatic rings. The van der Waals surface area contributed by atoms with Crippen LogP contribution in [0, 0.1) is 6.92 Å². The Morgan fingerprint density at radius 2 is 1.85 bits per heavy atom. The van der Waals surface area contributed by atoms with Crippen LogP contribution in [0.4, 0.5) is 5.69 Å². The molecule has 0 radical (unpaired) electrons. The zero-order chi connectivity index (χ0) is 14.9. The van der Waals surface area contributed by atoms with Gasteiger partial charge >= 0.3 is 0 Å². The SMILES string of the molecule is Cc1cc(Cl)c(NS(=O)(=O)c2cncc(Br)c2)cc1Cl. The van der Waals surface area contributed by atoms with Gasteiger partial charge in [0.1, 0.15) is 4.90 Å². The first-order valence-corrected chi connectivity index (χ1v) is 8.42. The van der Waals surface area contributed by atoms with Gasteiger partial charge in [-0.2, -0.15) is 0 Å². The lowest BCUT2D eigenvalue weighted by Crippen LogP contribution is -2.13. The maximum Gasteiger partial charge on any atom is 0.263 e. The standard InChI is InChI=1S/C12H9BrCl2N2O2S/c1-7-2-11(15)12(4-10(7)14)17-20(18,19)9-3-8(13)5-16-6-9/h2-6,17H,1H3. The molecule has 0 saturated heterocycles. The van der Waals surface area contributed by atoms with E-state index in [1.807, 2.05) is 0 Å². The van der Waals surface area contributed by atoms with Crippen LogP contribution < -0.4 is 4.72 Å². The van der Waals surface area contributed by atoms with Crippen LogP contribution in [0.2, 0.25) is 10.0 Å². The Hall–Kier alpha value is -0.820. The fraction of sp³-hybridized carbons (Fsp3) is 0.0833. The van der Waals surface area contributed by atoms with Crippen LogP contribution in [0.3, 0.4) is 0 Å². The number of halogens is 3. The zero-order valence-corrected chi connectivity index (χ0v) is 14.1. The number of hydrogen-bond donors (Lipinski definition) is 1. The summed E-state index contributed by atoms with van der Waals surface area (Å²) in [6.45, 7) is 1.78. The summed E-state index contributed by atoms with van der Waals surface area (Å²) < 4.78 is 27.4. The normalized spacial score (nSPS) is 11.4. The molecule has 2 rings (SSSR count). The molecule has 0 aliphatic carbocycles. The number of rotatable bonds is 3. The van der Waals surface area contributed by atoms with Gasteiger partial charge in [0.15, 0.2) is 0 Å². The fourth-order valence-electron chi connectivity index (χ4n) is 1.47. The number of aryl methyl sites for hydroxylation is 1. The summed E-state index contributed by atoms with van der Waals surface area (Å²) in [6, 6.07) is 4.52. The van der Waals surface area contributed by atoms with Crippen molar-refractivity contribution < 1.29 is 8.42 Å². The van der Waals surface area contributed by atoms with Gasteiger partial charge in [-0.3, -0.25) is 9.71 Å². The van der Waals surface area contributed by atoms with E-state index in [-0.39, 0.29) is 15.6 Å². The lowest BCUT2D eigenvalue weighted by atomic mass is 10.2. The Balaban J connectivity index is 2.41. The molecule has 2 aromatic rings. The molecule has 0 saturated carbocycles. The summed E-state index contributed by atoms with van der Waals surface area (Å²) in [7, 11) is -3.77. The number of nitrogens with zero attached hydrogens (tertiary/aromatic N) is 1. The predicted octanol–water partition coefficient (Wildman–Crippen LogP) is 4.26. The van der Waals surface area contributed by atoms with Crippen molar-refractivity contribution >= 4 is 54.8 Å². The van der Waals surface area contributed by atoms with E-state index in [1.165, 1.54) is 24.5 Å². The van der Waals surface area contributed by atoms with Crippen molar-refractivity contribution in [2.24, 2.45) is 0 Å². The molecule has 0 aliphatic heterocycles. The van der Waals surface area contributed by atoms with Gasteiger partial charge in [0, 0.05) is 21.9 Å². The first-order chi connectivity index (χ1) is 9.29. The van der Waals surface area contributed by atoms with Crippen molar-refractivity contribution in [3.63, 3.8) is 0 Å². The van der Waals surface area contributed by atoms with Gasteiger partial charge in [-0.1, -0.05) is 23.2 Å². The summed E-state index contributed by atoms with van der Waals surface area (Å²) in [6.07, 6.45) is 2.74. The van der Waals surface area contributed by atoms with E-state index >= 15 is 0 Å². The largest absolute Gasteiger partial charge is 0.278 e. The van der Waals surface area contributed by atoms with Crippen LogP contribution >= 0.6 is 39.1 Å². The summed E-state index contributed by atoms with van der Waals surface area (Å²) >= 11 is 15.2. The molecule has 106 valence electrons. The van der Waals surface area contributed by atoms with E-state index in [0.717, 1.165) is 5.56 Å². The summed E-state index contributed by atoms with van der Waals surface area (Å²) in [5, 5.41) is 0.706. The van der Waals surface area contributed by atoms with Crippen molar-refractivity contribution in [2.75, 3.05) is 4.72 Å². The molecule has 8 heteroatoms. The number of aromatic nitrogens is 1. The first-order valence-electron chi connectivity index (χ1n) is 5.38. The van der Waals surface area contributed by atoms with Gasteiger partial charge in [0.2, 0.25) is 0 Å². The van der Waals surface area contributed by atoms with E-state index in [4.69, 9.17) is 23.2 Å². The van der Waals surface area contributed by atoms with E-state index in [0.29, 0.717) is 9.50 Å². The summed E-state index contributed by atoms with van der Waals surface area (Å²) in [5.74, 6) is 0. The Kier molecular flexibility index (Phi) is 4.59. The highest BCUT2D eigenvalue weighted by Gasteiger charge is 2.17. The molecular formula is C12H9BrCl2N2O2S. The van der Waals surface area contributed by atoms with Crippen LogP contribution in [-0.4, -0.2) is 13.4 Å². The topological polar surface area (TPSA) is 59.1 Å². The maximum absolute atomic E-state index is 12.2. The number of benzene rings is 1. The molecular weight excluding hydrogens is 387 g/mol. The zero-order valence-electron chi connectivity index (χ0n) is 10.2. The Bertz CT molecular complexity index is 766. The predicted molar refractivity (Wildman–Crippen MR) is 83.9 cm³/mol. The maximum atomic E-state index is 12.2. The van der Waals surface area contributed by atoms with Crippen molar-refractivity contribution in [1.82, 2.24) is 4.98 Å². The third-order valence-corrected chi connectivity index (χ3v) is 4.97. The van der Waals surface area contributed by atoms with Gasteiger partial charge in [-0.15, -0.1) is 0 Å². The third-order valence-electron chi connectivity index (χ3n) is 2.48. The highest BCUT2D eigenvalue weighted by Crippen LogP contribution is 2.30. The number of pyridine rings is 1. The van der Waals surface area contributed by atoms with Gasteiger partial charge in [-0.25, -0.2) is 8.42 Å². The van der Waals surface area contributed by atoms with E-state index in [9.17, 15) is 8.42 Å². The van der Waals surface area contributed by atoms with Crippen LogP contribution in [-0.2, 0) is 10.0 Å². The average Bonchev–Trinajstić information content (AvgIpc) is 2.36. The fourth-order valence-corrected chi connectivity index (χ4v) is 3.53. The van der Waals surface area contributed by atoms with E-state index in [2.05, 4.69) is 25.6 Å². The molecule has 0 amide bonds. The van der Waals surface area contributed by atoms with Crippen LogP contribution in [0.25, 0.3) is 0 Å². The number of nitrogens with one attached hydrogen (secondary N) is 1. The number of anilines is 1. The van der Waals surface area contributed by atoms with Crippen molar-refractivity contribution in [1.29, 1.82) is 0 Å². The molecule has 0 fully saturated rings. The van der Waals surface area contributed by atoms with E-state index < -0.39 is 10.0 Å². The second-order valence-corrected chi connectivity index (χ2v) is 7.44. The molecule has 0 unspecified atom stereocenters. The molecule has 1 N–H and O–H groups in total. The summed E-state index contributed by atoms with van der Waals surface area (Å²) in [5.41, 5.74) is 0.992. The molecule has 0 bridgehead atoms. The molecule has 20 heavy (non-hydrogen) atoms. The van der Waals surface area contributed by atoms with Gasteiger partial charge < -0.3 is 0 Å². The van der Waals surface area contributed by atoms with Crippen LogP contribution in [0.1, 0.15) is 5.56 Å². The Morgan fingerprint density at radius 1 is 1.15 bits per heavy atom. The molecule has 0 atom stereocenters. The molecule has 4 nitrogen and oxygen atoms in total. The second kappa shape index (κ2) is 5.89. The monoisotopic (exact) mass is 394 g/mol. The molecule has 1 heterocycles. The smallest absolute Gasteiger partial charge is 0.263 e. The average molecular weight is 396 g/mol. The number of sulfonamides is 1. The number of hydrogen-bond acceptors (Lipinski definition) is 3. The van der Waals surface area contributed by atoms with Crippen LogP contribution in [0.15, 0.2) is 40.0 Å². The Labute approximate surface area is 135 Å². The van der Waals surface area contributed by atoms with Crippen LogP contribution in [0.5, 0.6) is 0 Å². The first kappa shape index (κ1) is 15.6. The molecule has 0 spiro atoms. The lowest BCUT2D eigenvalue weighted by molar-refractivity contribution is 0.600. The van der Waals surface area contributed by atoms with Gasteiger partial charge in [0.05, 0.1) is 10.7 Å². The quantitative estimate of drug-likeness (QED) is 0.844. The van der Waals surface area contributed by atoms with Crippen molar-refractivity contribution in [2.45, 2.75) is 11.8 Å².